The molecule has 0 spiro atoms. The van der Waals surface area contributed by atoms with Crippen LogP contribution < -0.4 is 5.32 Å². The molecule has 0 saturated heterocycles. The topological polar surface area (TPSA) is 29.1 Å². The number of nitrogens with one attached hydrogen (secondary N) is 1. The van der Waals surface area contributed by atoms with Crippen molar-refractivity contribution < 1.29 is 18.0 Å². The molecule has 16 heavy (non-hydrogen) atoms. The van der Waals surface area contributed by atoms with Gasteiger partial charge in [-0.15, -0.1) is 0 Å². The van der Waals surface area contributed by atoms with E-state index in [0.717, 1.165) is 0 Å². The molecule has 1 aromatic carbocycles. The number of hydrogen-bond donors (Lipinski definition) is 1. The van der Waals surface area contributed by atoms with Gasteiger partial charge in [-0.3, -0.25) is 4.79 Å². The third-order valence-electron chi connectivity index (χ3n) is 2.14. The number of hydrogen-bond acceptors (Lipinski definition) is 1. The molecule has 1 N–H and O–H groups in total. The molecule has 0 bridgehead atoms. The molecule has 0 aliphatic carbocycles. The monoisotopic (exact) mass is 231 g/mol. The van der Waals surface area contributed by atoms with Crippen LogP contribution in [-0.2, 0) is 0 Å². The SMILES string of the molecule is CC[C@H](NC(=O)c1ccccc1)C(F)(F)F. The van der Waals surface area contributed by atoms with Gasteiger partial charge in [-0.25, -0.2) is 0 Å². The summed E-state index contributed by atoms with van der Waals surface area (Å²) in [4.78, 5) is 11.4. The maximum absolute atomic E-state index is 12.4. The van der Waals surface area contributed by atoms with E-state index in [9.17, 15) is 18.0 Å². The van der Waals surface area contributed by atoms with Gasteiger partial charge in [-0.05, 0) is 18.6 Å². The summed E-state index contributed by atoms with van der Waals surface area (Å²) in [6, 6.07) is 6.04. The van der Waals surface area contributed by atoms with Crippen molar-refractivity contribution in [2.75, 3.05) is 0 Å². The van der Waals surface area contributed by atoms with Crippen LogP contribution >= 0.6 is 0 Å². The predicted molar refractivity (Wildman–Crippen MR) is 54.0 cm³/mol. The zero-order valence-corrected chi connectivity index (χ0v) is 8.71. The molecule has 0 aromatic heterocycles. The largest absolute Gasteiger partial charge is 0.408 e. The Morgan fingerprint density at radius 2 is 1.88 bits per heavy atom. The molecule has 1 rings (SSSR count). The van der Waals surface area contributed by atoms with Gasteiger partial charge in [-0.2, -0.15) is 13.2 Å². The van der Waals surface area contributed by atoms with E-state index in [1.807, 2.05) is 5.32 Å². The molecule has 88 valence electrons. The molecule has 5 heteroatoms. The van der Waals surface area contributed by atoms with E-state index < -0.39 is 18.1 Å². The maximum atomic E-state index is 12.4. The number of carbonyl (C=O) groups is 1. The van der Waals surface area contributed by atoms with Gasteiger partial charge in [-0.1, -0.05) is 25.1 Å². The van der Waals surface area contributed by atoms with Crippen LogP contribution in [0.1, 0.15) is 23.7 Å². The minimum absolute atomic E-state index is 0.178. The average Bonchev–Trinajstić information content (AvgIpc) is 2.25. The molecule has 0 unspecified atom stereocenters. The second kappa shape index (κ2) is 5.01. The summed E-state index contributed by atoms with van der Waals surface area (Å²) in [6.45, 7) is 1.38. The Morgan fingerprint density at radius 3 is 2.31 bits per heavy atom. The minimum atomic E-state index is -4.40. The quantitative estimate of drug-likeness (QED) is 0.851. The fraction of sp³-hybridized carbons (Fsp3) is 0.364. The lowest BCUT2D eigenvalue weighted by molar-refractivity contribution is -0.153. The van der Waals surface area contributed by atoms with Crippen LogP contribution in [0.5, 0.6) is 0 Å². The number of halogens is 3. The van der Waals surface area contributed by atoms with Crippen LogP contribution in [0.25, 0.3) is 0 Å². The van der Waals surface area contributed by atoms with E-state index in [1.165, 1.54) is 19.1 Å². The summed E-state index contributed by atoms with van der Waals surface area (Å²) in [5, 5.41) is 1.96. The summed E-state index contributed by atoms with van der Waals surface area (Å²) in [6.07, 6.45) is -4.58. The fourth-order valence-corrected chi connectivity index (χ4v) is 1.25. The summed E-state index contributed by atoms with van der Waals surface area (Å²) < 4.78 is 37.1. The average molecular weight is 231 g/mol. The van der Waals surface area contributed by atoms with Gasteiger partial charge in [0.15, 0.2) is 0 Å². The van der Waals surface area contributed by atoms with E-state index in [-0.39, 0.29) is 12.0 Å². The lowest BCUT2D eigenvalue weighted by Crippen LogP contribution is -2.44. The number of rotatable bonds is 3. The highest BCUT2D eigenvalue weighted by atomic mass is 19.4. The van der Waals surface area contributed by atoms with Crippen LogP contribution in [0, 0.1) is 0 Å². The molecule has 0 heterocycles. The van der Waals surface area contributed by atoms with E-state index in [1.54, 1.807) is 18.2 Å². The first-order valence-electron chi connectivity index (χ1n) is 4.87. The van der Waals surface area contributed by atoms with Crippen molar-refractivity contribution >= 4 is 5.91 Å². The first-order valence-corrected chi connectivity index (χ1v) is 4.87. The highest BCUT2D eigenvalue weighted by Gasteiger charge is 2.39. The lowest BCUT2D eigenvalue weighted by Gasteiger charge is -2.19. The standard InChI is InChI=1S/C11H12F3NO/c1-2-9(11(12,13)14)15-10(16)8-6-4-3-5-7-8/h3-7,9H,2H2,1H3,(H,15,16)/t9-/m0/s1. The van der Waals surface area contributed by atoms with Gasteiger partial charge in [0, 0.05) is 5.56 Å². The smallest absolute Gasteiger partial charge is 0.340 e. The Bertz CT molecular complexity index is 348. The fourth-order valence-electron chi connectivity index (χ4n) is 1.25. The summed E-state index contributed by atoms with van der Waals surface area (Å²) >= 11 is 0. The molecular formula is C11H12F3NO. The number of carbonyl (C=O) groups excluding carboxylic acids is 1. The number of alkyl halides is 3. The van der Waals surface area contributed by atoms with Gasteiger partial charge >= 0.3 is 6.18 Å². The third kappa shape index (κ3) is 3.25. The van der Waals surface area contributed by atoms with Crippen molar-refractivity contribution in [2.24, 2.45) is 0 Å². The molecule has 1 atom stereocenters. The van der Waals surface area contributed by atoms with Gasteiger partial charge in [0.1, 0.15) is 6.04 Å². The predicted octanol–water partition coefficient (Wildman–Crippen LogP) is 2.76. The molecule has 0 aliphatic rings. The highest BCUT2D eigenvalue weighted by Crippen LogP contribution is 2.22. The van der Waals surface area contributed by atoms with Crippen molar-refractivity contribution in [1.82, 2.24) is 5.32 Å². The van der Waals surface area contributed by atoms with E-state index in [4.69, 9.17) is 0 Å². The normalized spacial score (nSPS) is 13.2. The second-order valence-corrected chi connectivity index (χ2v) is 3.34. The van der Waals surface area contributed by atoms with Crippen molar-refractivity contribution in [3.63, 3.8) is 0 Å². The molecule has 0 radical (unpaired) electrons. The summed E-state index contributed by atoms with van der Waals surface area (Å²) in [7, 11) is 0. The van der Waals surface area contributed by atoms with Gasteiger partial charge < -0.3 is 5.32 Å². The Labute approximate surface area is 91.5 Å². The second-order valence-electron chi connectivity index (χ2n) is 3.34. The molecule has 0 saturated carbocycles. The molecule has 0 aliphatic heterocycles. The number of amides is 1. The maximum Gasteiger partial charge on any atom is 0.408 e. The van der Waals surface area contributed by atoms with Crippen molar-refractivity contribution in [3.05, 3.63) is 35.9 Å². The Morgan fingerprint density at radius 1 is 1.31 bits per heavy atom. The molecule has 2 nitrogen and oxygen atoms in total. The summed E-state index contributed by atoms with van der Waals surface area (Å²) in [5.41, 5.74) is 0.227. The van der Waals surface area contributed by atoms with Gasteiger partial charge in [0.2, 0.25) is 0 Å². The van der Waals surface area contributed by atoms with E-state index >= 15 is 0 Å². The first kappa shape index (κ1) is 12.5. The Kier molecular flexibility index (Phi) is 3.93. The Hall–Kier alpha value is -1.52. The Balaban J connectivity index is 2.71. The molecule has 0 fully saturated rings. The van der Waals surface area contributed by atoms with Crippen molar-refractivity contribution in [1.29, 1.82) is 0 Å². The first-order chi connectivity index (χ1) is 7.45. The van der Waals surface area contributed by atoms with Crippen LogP contribution in [0.15, 0.2) is 30.3 Å². The van der Waals surface area contributed by atoms with E-state index in [2.05, 4.69) is 0 Å². The zero-order chi connectivity index (χ0) is 12.2. The van der Waals surface area contributed by atoms with E-state index in [0.29, 0.717) is 0 Å². The molecule has 1 amide bonds. The number of benzene rings is 1. The van der Waals surface area contributed by atoms with Crippen molar-refractivity contribution in [3.8, 4) is 0 Å². The molecule has 1 aromatic rings. The van der Waals surface area contributed by atoms with Crippen molar-refractivity contribution in [2.45, 2.75) is 25.6 Å². The lowest BCUT2D eigenvalue weighted by atomic mass is 10.1. The van der Waals surface area contributed by atoms with Crippen LogP contribution in [0.2, 0.25) is 0 Å². The third-order valence-corrected chi connectivity index (χ3v) is 2.14. The van der Waals surface area contributed by atoms with Crippen LogP contribution in [0.3, 0.4) is 0 Å². The summed E-state index contributed by atoms with van der Waals surface area (Å²) in [5.74, 6) is -0.704. The van der Waals surface area contributed by atoms with Crippen LogP contribution in [0.4, 0.5) is 13.2 Å². The van der Waals surface area contributed by atoms with Gasteiger partial charge in [0.05, 0.1) is 0 Å². The van der Waals surface area contributed by atoms with Gasteiger partial charge in [0.25, 0.3) is 5.91 Å². The molecular weight excluding hydrogens is 219 g/mol. The minimum Gasteiger partial charge on any atom is -0.340 e. The zero-order valence-electron chi connectivity index (χ0n) is 8.71. The van der Waals surface area contributed by atoms with Crippen LogP contribution in [-0.4, -0.2) is 18.1 Å². The highest BCUT2D eigenvalue weighted by molar-refractivity contribution is 5.94.